The molecule has 0 aliphatic carbocycles. The fourth-order valence-corrected chi connectivity index (χ4v) is 7.55. The predicted octanol–water partition coefficient (Wildman–Crippen LogP) is 11.1. The lowest BCUT2D eigenvalue weighted by atomic mass is 9.95. The Morgan fingerprint density at radius 3 is 1.70 bits per heavy atom. The van der Waals surface area contributed by atoms with Crippen molar-refractivity contribution in [1.29, 1.82) is 0 Å². The number of benzene rings is 7. The van der Waals surface area contributed by atoms with Crippen molar-refractivity contribution < 1.29 is 0 Å². The van der Waals surface area contributed by atoms with Crippen LogP contribution in [0.25, 0.3) is 66.8 Å². The fourth-order valence-electron chi connectivity index (χ4n) is 6.40. The van der Waals surface area contributed by atoms with Crippen molar-refractivity contribution in [2.24, 2.45) is 0 Å². The third kappa shape index (κ3) is 5.11. The molecule has 1 unspecified atom stereocenters. The van der Waals surface area contributed by atoms with E-state index in [-0.39, 0.29) is 5.37 Å². The molecule has 0 fully saturated rings. The summed E-state index contributed by atoms with van der Waals surface area (Å²) in [5.41, 5.74) is 7.64. The molecule has 1 aliphatic rings. The molecule has 0 saturated heterocycles. The lowest BCUT2D eigenvalue weighted by molar-refractivity contribution is 1.07. The van der Waals surface area contributed by atoms with E-state index in [0.29, 0.717) is 17.5 Å². The van der Waals surface area contributed by atoms with Crippen LogP contribution in [0.4, 0.5) is 5.69 Å². The molecule has 1 aromatic heterocycles. The number of nitrogens with one attached hydrogen (secondary N) is 1. The number of thioether (sulfide) groups is 1. The predicted molar refractivity (Wildman–Crippen MR) is 195 cm³/mol. The van der Waals surface area contributed by atoms with E-state index in [1.54, 1.807) is 0 Å². The standard InChI is InChI=1S/C42H28N4S/c1-4-11-28(12-5-1)39-44-40(29-13-6-2-7-14-29)46-41(45-39)34-18-10-17-31(26-34)32-21-23-35-33(25-32)20-19-27-22-24-36-38(37(27)35)43-42(47-36)30-15-8-3-9-16-30/h1-26,42-43H. The van der Waals surface area contributed by atoms with E-state index in [0.717, 1.165) is 27.8 Å². The zero-order chi connectivity index (χ0) is 31.2. The Labute approximate surface area is 277 Å². The van der Waals surface area contributed by atoms with Gasteiger partial charge in [-0.3, -0.25) is 0 Å². The molecule has 8 aromatic rings. The summed E-state index contributed by atoms with van der Waals surface area (Å²) in [6, 6.07) is 55.1. The first-order valence-electron chi connectivity index (χ1n) is 15.7. The summed E-state index contributed by atoms with van der Waals surface area (Å²) >= 11 is 1.88. The zero-order valence-electron chi connectivity index (χ0n) is 25.3. The lowest BCUT2D eigenvalue weighted by Crippen LogP contribution is -2.01. The smallest absolute Gasteiger partial charge is 0.164 e. The molecule has 0 radical (unpaired) electrons. The normalized spacial score (nSPS) is 13.8. The number of rotatable bonds is 5. The van der Waals surface area contributed by atoms with E-state index < -0.39 is 0 Å². The third-order valence-corrected chi connectivity index (χ3v) is 9.96. The van der Waals surface area contributed by atoms with Crippen LogP contribution in [0.2, 0.25) is 0 Å². The minimum absolute atomic E-state index is 0.203. The summed E-state index contributed by atoms with van der Waals surface area (Å²) in [6.45, 7) is 0. The molecule has 7 aromatic carbocycles. The van der Waals surface area contributed by atoms with Gasteiger partial charge in [0, 0.05) is 27.0 Å². The number of aromatic nitrogens is 3. The van der Waals surface area contributed by atoms with Crippen LogP contribution in [0.3, 0.4) is 0 Å². The Hall–Kier alpha value is -5.78. The van der Waals surface area contributed by atoms with Gasteiger partial charge in [0.15, 0.2) is 17.5 Å². The second kappa shape index (κ2) is 11.5. The van der Waals surface area contributed by atoms with Crippen molar-refractivity contribution in [3.63, 3.8) is 0 Å². The van der Waals surface area contributed by atoms with Gasteiger partial charge in [0.1, 0.15) is 5.37 Å². The minimum atomic E-state index is 0.203. The van der Waals surface area contributed by atoms with Gasteiger partial charge in [-0.15, -0.1) is 0 Å². The molecule has 0 bridgehead atoms. The van der Waals surface area contributed by atoms with E-state index in [9.17, 15) is 0 Å². The summed E-state index contributed by atoms with van der Waals surface area (Å²) in [7, 11) is 0. The van der Waals surface area contributed by atoms with Gasteiger partial charge >= 0.3 is 0 Å². The average Bonchev–Trinajstić information content (AvgIpc) is 3.60. The highest BCUT2D eigenvalue weighted by molar-refractivity contribution is 8.00. The molecular weight excluding hydrogens is 593 g/mol. The molecule has 0 amide bonds. The Morgan fingerprint density at radius 2 is 1.00 bits per heavy atom. The van der Waals surface area contributed by atoms with Gasteiger partial charge in [-0.1, -0.05) is 151 Å². The van der Waals surface area contributed by atoms with Crippen molar-refractivity contribution >= 4 is 39.0 Å². The highest BCUT2D eigenvalue weighted by atomic mass is 32.2. The van der Waals surface area contributed by atoms with Crippen LogP contribution in [0.1, 0.15) is 10.9 Å². The number of hydrogen-bond acceptors (Lipinski definition) is 5. The Morgan fingerprint density at radius 1 is 0.447 bits per heavy atom. The second-order valence-corrected chi connectivity index (χ2v) is 12.9. The summed E-state index contributed by atoms with van der Waals surface area (Å²) in [5.74, 6) is 1.97. The molecule has 0 spiro atoms. The van der Waals surface area contributed by atoms with Gasteiger partial charge in [0.25, 0.3) is 0 Å². The SMILES string of the molecule is c1ccc(-c2nc(-c3ccccc3)nc(-c3cccc(-c4ccc5c(ccc6ccc7c(c65)NC(c5ccccc5)S7)c4)c3)n2)cc1. The largest absolute Gasteiger partial charge is 0.368 e. The van der Waals surface area contributed by atoms with E-state index in [1.165, 1.54) is 37.7 Å². The summed E-state index contributed by atoms with van der Waals surface area (Å²) in [4.78, 5) is 16.0. The Kier molecular flexibility index (Phi) is 6.76. The average molecular weight is 621 g/mol. The maximum absolute atomic E-state index is 4.95. The first-order chi connectivity index (χ1) is 23.3. The highest BCUT2D eigenvalue weighted by Crippen LogP contribution is 2.50. The maximum atomic E-state index is 4.95. The van der Waals surface area contributed by atoms with Crippen molar-refractivity contribution in [2.45, 2.75) is 10.3 Å². The number of anilines is 1. The Balaban J connectivity index is 1.12. The summed E-state index contributed by atoms with van der Waals surface area (Å²) in [5, 5.41) is 9.01. The van der Waals surface area contributed by atoms with Crippen LogP contribution in [0, 0.1) is 0 Å². The first kappa shape index (κ1) is 27.5. The highest BCUT2D eigenvalue weighted by Gasteiger charge is 2.25. The molecule has 222 valence electrons. The van der Waals surface area contributed by atoms with Crippen molar-refractivity contribution in [2.75, 3.05) is 5.32 Å². The van der Waals surface area contributed by atoms with Crippen LogP contribution in [-0.2, 0) is 0 Å². The molecule has 9 rings (SSSR count). The van der Waals surface area contributed by atoms with Crippen molar-refractivity contribution in [3.05, 3.63) is 163 Å². The molecule has 1 atom stereocenters. The molecular formula is C42H28N4S. The number of hydrogen-bond donors (Lipinski definition) is 1. The number of nitrogens with zero attached hydrogens (tertiary/aromatic N) is 3. The third-order valence-electron chi connectivity index (χ3n) is 8.74. The fraction of sp³-hybridized carbons (Fsp3) is 0.0238. The van der Waals surface area contributed by atoms with Gasteiger partial charge in [0.05, 0.1) is 5.69 Å². The second-order valence-electron chi connectivity index (χ2n) is 11.7. The van der Waals surface area contributed by atoms with Crippen LogP contribution in [0.5, 0.6) is 0 Å². The van der Waals surface area contributed by atoms with Gasteiger partial charge < -0.3 is 5.32 Å². The molecule has 2 heterocycles. The quantitative estimate of drug-likeness (QED) is 0.194. The Bertz CT molecular complexity index is 2350. The van der Waals surface area contributed by atoms with Crippen LogP contribution >= 0.6 is 11.8 Å². The molecule has 5 heteroatoms. The maximum Gasteiger partial charge on any atom is 0.164 e. The van der Waals surface area contributed by atoms with Crippen LogP contribution < -0.4 is 5.32 Å². The van der Waals surface area contributed by atoms with Crippen LogP contribution in [-0.4, -0.2) is 15.0 Å². The number of fused-ring (bicyclic) bond motifs is 5. The van der Waals surface area contributed by atoms with Crippen molar-refractivity contribution in [3.8, 4) is 45.3 Å². The van der Waals surface area contributed by atoms with E-state index >= 15 is 0 Å². The monoisotopic (exact) mass is 620 g/mol. The summed E-state index contributed by atoms with van der Waals surface area (Å²) in [6.07, 6.45) is 0. The van der Waals surface area contributed by atoms with Crippen LogP contribution in [0.15, 0.2) is 163 Å². The molecule has 1 N–H and O–H groups in total. The van der Waals surface area contributed by atoms with E-state index in [4.69, 9.17) is 15.0 Å². The van der Waals surface area contributed by atoms with Gasteiger partial charge in [0.2, 0.25) is 0 Å². The lowest BCUT2D eigenvalue weighted by Gasteiger charge is -2.13. The molecule has 1 aliphatic heterocycles. The molecule has 47 heavy (non-hydrogen) atoms. The summed E-state index contributed by atoms with van der Waals surface area (Å²) < 4.78 is 0. The van der Waals surface area contributed by atoms with Gasteiger partial charge in [-0.05, 0) is 51.0 Å². The topological polar surface area (TPSA) is 50.7 Å². The molecule has 4 nitrogen and oxygen atoms in total. The minimum Gasteiger partial charge on any atom is -0.368 e. The first-order valence-corrected chi connectivity index (χ1v) is 16.6. The van der Waals surface area contributed by atoms with Crippen molar-refractivity contribution in [1.82, 2.24) is 15.0 Å². The molecule has 0 saturated carbocycles. The van der Waals surface area contributed by atoms with E-state index in [2.05, 4.69) is 102 Å². The van der Waals surface area contributed by atoms with E-state index in [1.807, 2.05) is 72.4 Å². The van der Waals surface area contributed by atoms with Gasteiger partial charge in [-0.25, -0.2) is 15.0 Å². The van der Waals surface area contributed by atoms with Gasteiger partial charge in [-0.2, -0.15) is 0 Å². The zero-order valence-corrected chi connectivity index (χ0v) is 26.2.